The Kier molecular flexibility index (Phi) is 3.67. The highest BCUT2D eigenvalue weighted by atomic mass is 16.7. The zero-order chi connectivity index (χ0) is 15.5. The van der Waals surface area contributed by atoms with Gasteiger partial charge in [-0.3, -0.25) is 0 Å². The van der Waals surface area contributed by atoms with Crippen molar-refractivity contribution in [1.29, 1.82) is 0 Å². The maximum atomic E-state index is 9.88. The van der Waals surface area contributed by atoms with Gasteiger partial charge >= 0.3 is 0 Å². The summed E-state index contributed by atoms with van der Waals surface area (Å²) in [6, 6.07) is 8.81. The van der Waals surface area contributed by atoms with Gasteiger partial charge in [-0.2, -0.15) is 0 Å². The molecule has 0 bridgehead atoms. The predicted octanol–water partition coefficient (Wildman–Crippen LogP) is 2.54. The normalized spacial score (nSPS) is 11.5. The van der Waals surface area contributed by atoms with Crippen LogP contribution in [-0.2, 0) is 0 Å². The summed E-state index contributed by atoms with van der Waals surface area (Å²) in [4.78, 5) is 0. The van der Waals surface area contributed by atoms with Crippen molar-refractivity contribution in [2.75, 3.05) is 21.0 Å². The first-order valence-electron chi connectivity index (χ1n) is 6.58. The largest absolute Gasteiger partial charge is 0.502 e. The molecule has 0 radical (unpaired) electrons. The quantitative estimate of drug-likeness (QED) is 0.863. The van der Waals surface area contributed by atoms with Crippen LogP contribution in [0.2, 0.25) is 0 Å². The Morgan fingerprint density at radius 3 is 2.23 bits per heavy atom. The van der Waals surface area contributed by atoms with Gasteiger partial charge in [0.25, 0.3) is 0 Å². The number of fused-ring (bicyclic) bond motifs is 1. The molecule has 1 N–H and O–H groups in total. The molecule has 3 rings (SSSR count). The highest BCUT2D eigenvalue weighted by molar-refractivity contribution is 5.58. The molecule has 2 aromatic carbocycles. The van der Waals surface area contributed by atoms with E-state index in [0.29, 0.717) is 22.8 Å². The van der Waals surface area contributed by atoms with Gasteiger partial charge in [-0.15, -0.1) is 0 Å². The van der Waals surface area contributed by atoms with Crippen LogP contribution < -0.4 is 18.9 Å². The van der Waals surface area contributed by atoms with Gasteiger partial charge in [0.15, 0.2) is 23.0 Å². The van der Waals surface area contributed by atoms with Crippen LogP contribution in [0.4, 0.5) is 0 Å². The van der Waals surface area contributed by atoms with E-state index in [1.54, 1.807) is 12.1 Å². The molecule has 2 aromatic rings. The molecule has 0 saturated carbocycles. The number of methoxy groups -OCH3 is 2. The molecule has 5 nitrogen and oxygen atoms in total. The molecule has 0 aromatic heterocycles. The van der Waals surface area contributed by atoms with E-state index in [1.165, 1.54) is 14.2 Å². The van der Waals surface area contributed by atoms with Gasteiger partial charge in [-0.25, -0.2) is 0 Å². The fourth-order valence-corrected chi connectivity index (χ4v) is 2.08. The van der Waals surface area contributed by atoms with Crippen molar-refractivity contribution in [1.82, 2.24) is 0 Å². The van der Waals surface area contributed by atoms with E-state index < -0.39 is 0 Å². The lowest BCUT2D eigenvalue weighted by Gasteiger charge is -2.08. The highest BCUT2D eigenvalue weighted by Crippen LogP contribution is 2.37. The van der Waals surface area contributed by atoms with Crippen LogP contribution >= 0.6 is 0 Å². The maximum Gasteiger partial charge on any atom is 0.231 e. The van der Waals surface area contributed by atoms with E-state index in [2.05, 4.69) is 11.8 Å². The molecule has 112 valence electrons. The molecule has 1 heterocycles. The molecule has 1 aliphatic heterocycles. The monoisotopic (exact) mass is 298 g/mol. The summed E-state index contributed by atoms with van der Waals surface area (Å²) < 4.78 is 20.8. The Balaban J connectivity index is 1.93. The number of ether oxygens (including phenoxy) is 4. The van der Waals surface area contributed by atoms with Gasteiger partial charge in [-0.1, -0.05) is 11.8 Å². The average Bonchev–Trinajstić information content (AvgIpc) is 3.01. The second-order valence-corrected chi connectivity index (χ2v) is 4.55. The van der Waals surface area contributed by atoms with Crippen molar-refractivity contribution in [3.8, 4) is 40.6 Å². The summed E-state index contributed by atoms with van der Waals surface area (Å²) in [6.07, 6.45) is 0. The lowest BCUT2D eigenvalue weighted by Crippen LogP contribution is -1.92. The third-order valence-corrected chi connectivity index (χ3v) is 3.20. The van der Waals surface area contributed by atoms with Gasteiger partial charge in [0.1, 0.15) is 0 Å². The molecule has 0 atom stereocenters. The number of aromatic hydroxyl groups is 1. The minimum absolute atomic E-state index is 0.0429. The van der Waals surface area contributed by atoms with Crippen molar-refractivity contribution in [2.45, 2.75) is 0 Å². The Hall–Kier alpha value is -3.00. The highest BCUT2D eigenvalue weighted by Gasteiger charge is 2.13. The summed E-state index contributed by atoms with van der Waals surface area (Å²) in [6.45, 7) is 0.235. The van der Waals surface area contributed by atoms with Gasteiger partial charge < -0.3 is 24.1 Å². The van der Waals surface area contributed by atoms with Crippen molar-refractivity contribution in [2.24, 2.45) is 0 Å². The van der Waals surface area contributed by atoms with Crippen molar-refractivity contribution < 1.29 is 24.1 Å². The first-order chi connectivity index (χ1) is 10.7. The topological polar surface area (TPSA) is 57.2 Å². The van der Waals surface area contributed by atoms with Crippen molar-refractivity contribution in [3.05, 3.63) is 41.5 Å². The molecule has 5 heteroatoms. The van der Waals surface area contributed by atoms with Crippen molar-refractivity contribution in [3.63, 3.8) is 0 Å². The van der Waals surface area contributed by atoms with Crippen LogP contribution in [0.25, 0.3) is 0 Å². The second kappa shape index (κ2) is 5.78. The smallest absolute Gasteiger partial charge is 0.231 e. The van der Waals surface area contributed by atoms with E-state index in [9.17, 15) is 5.11 Å². The third kappa shape index (κ3) is 2.59. The fraction of sp³-hybridized carbons (Fsp3) is 0.176. The first-order valence-corrected chi connectivity index (χ1v) is 6.58. The van der Waals surface area contributed by atoms with Crippen LogP contribution in [0.15, 0.2) is 30.3 Å². The Bertz CT molecular complexity index is 745. The molecule has 1 aliphatic rings. The summed E-state index contributed by atoms with van der Waals surface area (Å²) in [5.74, 6) is 8.04. The van der Waals surface area contributed by atoms with Crippen LogP contribution in [0, 0.1) is 11.8 Å². The van der Waals surface area contributed by atoms with Gasteiger partial charge in [0.2, 0.25) is 12.5 Å². The zero-order valence-corrected chi connectivity index (χ0v) is 12.2. The average molecular weight is 298 g/mol. The molecule has 0 aliphatic carbocycles. The maximum absolute atomic E-state index is 9.88. The Morgan fingerprint density at radius 1 is 0.909 bits per heavy atom. The molecular weight excluding hydrogens is 284 g/mol. The molecule has 0 unspecified atom stereocenters. The zero-order valence-electron chi connectivity index (χ0n) is 12.2. The van der Waals surface area contributed by atoms with Crippen LogP contribution in [-0.4, -0.2) is 26.1 Å². The Labute approximate surface area is 128 Å². The van der Waals surface area contributed by atoms with Gasteiger partial charge in [0, 0.05) is 11.1 Å². The molecule has 0 fully saturated rings. The van der Waals surface area contributed by atoms with Crippen LogP contribution in [0.5, 0.6) is 28.7 Å². The van der Waals surface area contributed by atoms with E-state index >= 15 is 0 Å². The summed E-state index contributed by atoms with van der Waals surface area (Å²) in [7, 11) is 2.95. The van der Waals surface area contributed by atoms with Gasteiger partial charge in [-0.05, 0) is 30.3 Å². The minimum Gasteiger partial charge on any atom is -0.502 e. The predicted molar refractivity (Wildman–Crippen MR) is 79.8 cm³/mol. The first kappa shape index (κ1) is 14.0. The number of benzene rings is 2. The summed E-state index contributed by atoms with van der Waals surface area (Å²) >= 11 is 0. The van der Waals surface area contributed by atoms with Crippen LogP contribution in [0.1, 0.15) is 11.1 Å². The van der Waals surface area contributed by atoms with E-state index in [1.807, 2.05) is 18.2 Å². The molecule has 0 saturated heterocycles. The number of hydrogen-bond donors (Lipinski definition) is 1. The molecule has 22 heavy (non-hydrogen) atoms. The fourth-order valence-electron chi connectivity index (χ4n) is 2.08. The number of rotatable bonds is 2. The molecule has 0 spiro atoms. The SMILES string of the molecule is COc1cc(C#Cc2ccc3c(c2)OCO3)cc(OC)c1O. The summed E-state index contributed by atoms with van der Waals surface area (Å²) in [5, 5.41) is 9.88. The lowest BCUT2D eigenvalue weighted by molar-refractivity contribution is 0.174. The third-order valence-electron chi connectivity index (χ3n) is 3.20. The minimum atomic E-state index is -0.0429. The van der Waals surface area contributed by atoms with Crippen molar-refractivity contribution >= 4 is 0 Å². The standard InChI is InChI=1S/C17H14O5/c1-19-15-8-12(9-16(20-2)17(15)18)4-3-11-5-6-13-14(7-11)22-10-21-13/h5-9,18H,10H2,1-2H3. The van der Waals surface area contributed by atoms with E-state index in [0.717, 1.165) is 11.3 Å². The lowest BCUT2D eigenvalue weighted by atomic mass is 10.1. The van der Waals surface area contributed by atoms with Crippen LogP contribution in [0.3, 0.4) is 0 Å². The second-order valence-electron chi connectivity index (χ2n) is 4.55. The summed E-state index contributed by atoms with van der Waals surface area (Å²) in [5.41, 5.74) is 1.47. The number of phenolic OH excluding ortho intramolecular Hbond substituents is 1. The molecule has 0 amide bonds. The van der Waals surface area contributed by atoms with Gasteiger partial charge in [0.05, 0.1) is 14.2 Å². The Morgan fingerprint density at radius 2 is 1.55 bits per heavy atom. The number of hydrogen-bond acceptors (Lipinski definition) is 5. The van der Waals surface area contributed by atoms with E-state index in [4.69, 9.17) is 18.9 Å². The van der Waals surface area contributed by atoms with E-state index in [-0.39, 0.29) is 12.5 Å². The number of phenols is 1. The molecular formula is C17H14O5.